The summed E-state index contributed by atoms with van der Waals surface area (Å²) in [6.45, 7) is 4.08. The molecule has 2 rings (SSSR count). The average Bonchev–Trinajstić information content (AvgIpc) is 2.70. The fourth-order valence-electron chi connectivity index (χ4n) is 2.39. The molecule has 0 radical (unpaired) electrons. The minimum atomic E-state index is -5.76. The maximum Gasteiger partial charge on any atom is 0.534 e. The van der Waals surface area contributed by atoms with Crippen LogP contribution >= 0.6 is 11.6 Å². The van der Waals surface area contributed by atoms with Crippen LogP contribution in [-0.2, 0) is 15.0 Å². The Morgan fingerprint density at radius 1 is 1.03 bits per heavy atom. The van der Waals surface area contributed by atoms with Gasteiger partial charge in [-0.1, -0.05) is 23.7 Å². The van der Waals surface area contributed by atoms with Crippen molar-refractivity contribution >= 4 is 33.3 Å². The molecule has 0 heterocycles. The Hall–Kier alpha value is -2.63. The Bertz CT molecular complexity index is 1050. The number of hydrogen-bond donors (Lipinski definition) is 0. The molecule has 0 bridgehead atoms. The van der Waals surface area contributed by atoms with E-state index in [0.29, 0.717) is 34.2 Å². The summed E-state index contributed by atoms with van der Waals surface area (Å²) in [5, 5.41) is 10.4. The maximum atomic E-state index is 12.5. The van der Waals surface area contributed by atoms with Gasteiger partial charge in [0.1, 0.15) is 17.3 Å². The zero-order valence-electron chi connectivity index (χ0n) is 16.7. The number of halogens is 4. The van der Waals surface area contributed by atoms with E-state index in [1.54, 1.807) is 31.2 Å². The van der Waals surface area contributed by atoms with Crippen LogP contribution in [0.3, 0.4) is 0 Å². The molecule has 2 aromatic rings. The fraction of sp³-hybridized carbons (Fsp3) is 0.263. The molecular formula is C19H19ClF3N3O4S. The Morgan fingerprint density at radius 3 is 2.00 bits per heavy atom. The predicted molar refractivity (Wildman–Crippen MR) is 112 cm³/mol. The minimum Gasteiger partial charge on any atom is -0.376 e. The predicted octanol–water partition coefficient (Wildman–Crippen LogP) is 4.62. The fourth-order valence-corrected chi connectivity index (χ4v) is 2.98. The van der Waals surface area contributed by atoms with Gasteiger partial charge in [0.2, 0.25) is 0 Å². The summed E-state index contributed by atoms with van der Waals surface area (Å²) in [7, 11) is -4.28. The Morgan fingerprint density at radius 2 is 1.55 bits per heavy atom. The zero-order valence-corrected chi connectivity index (χ0v) is 18.3. The quantitative estimate of drug-likeness (QED) is 0.191. The van der Waals surface area contributed by atoms with Gasteiger partial charge in [-0.05, 0) is 50.2 Å². The molecule has 0 aliphatic rings. The molecule has 168 valence electrons. The van der Waals surface area contributed by atoms with Gasteiger partial charge in [0, 0.05) is 22.7 Å². The van der Waals surface area contributed by atoms with Crippen molar-refractivity contribution in [2.45, 2.75) is 19.4 Å². The van der Waals surface area contributed by atoms with Crippen LogP contribution in [0, 0.1) is 0 Å². The Balaban J connectivity index is 2.44. The Labute approximate surface area is 182 Å². The summed E-state index contributed by atoms with van der Waals surface area (Å²) < 4.78 is 64.0. The molecular weight excluding hydrogens is 459 g/mol. The van der Waals surface area contributed by atoms with Crippen molar-refractivity contribution in [3.8, 4) is 5.75 Å². The molecule has 0 fully saturated rings. The highest BCUT2D eigenvalue weighted by Gasteiger charge is 2.48. The first-order valence-corrected chi connectivity index (χ1v) is 10.6. The van der Waals surface area contributed by atoms with E-state index < -0.39 is 21.4 Å². The molecule has 31 heavy (non-hydrogen) atoms. The highest BCUT2D eigenvalue weighted by Crippen LogP contribution is 2.27. The molecule has 0 saturated carbocycles. The van der Waals surface area contributed by atoms with E-state index in [0.717, 1.165) is 12.1 Å². The zero-order chi connectivity index (χ0) is 23.2. The third kappa shape index (κ3) is 6.42. The van der Waals surface area contributed by atoms with Gasteiger partial charge in [-0.3, -0.25) is 4.84 Å². The number of rotatable bonds is 7. The second kappa shape index (κ2) is 10.1. The largest absolute Gasteiger partial charge is 0.534 e. The number of benzene rings is 2. The summed E-state index contributed by atoms with van der Waals surface area (Å²) in [6.07, 6.45) is 0. The van der Waals surface area contributed by atoms with E-state index >= 15 is 0 Å². The number of alkyl halides is 3. The minimum absolute atomic E-state index is 0.369. The molecule has 0 N–H and O–H groups in total. The topological polar surface area (TPSA) is 80.6 Å². The lowest BCUT2D eigenvalue weighted by molar-refractivity contribution is -0.0612. The molecule has 0 aromatic heterocycles. The SMILES string of the molecule is CCN(OC)C(C)=NN=C(c1ccc(Cl)cc1)c1ccc(OS(=O)(=O)C(F)(F)F)cc1. The van der Waals surface area contributed by atoms with Crippen LogP contribution in [0.5, 0.6) is 5.75 Å². The van der Waals surface area contributed by atoms with Crippen molar-refractivity contribution in [3.63, 3.8) is 0 Å². The summed E-state index contributed by atoms with van der Waals surface area (Å²) >= 11 is 5.93. The molecule has 0 atom stereocenters. The first kappa shape index (κ1) is 24.6. The van der Waals surface area contributed by atoms with Crippen LogP contribution < -0.4 is 4.18 Å². The second-order valence-electron chi connectivity index (χ2n) is 5.99. The lowest BCUT2D eigenvalue weighted by Gasteiger charge is -2.17. The summed E-state index contributed by atoms with van der Waals surface area (Å²) in [4.78, 5) is 5.16. The van der Waals surface area contributed by atoms with Gasteiger partial charge < -0.3 is 4.18 Å². The smallest absolute Gasteiger partial charge is 0.376 e. The second-order valence-corrected chi connectivity index (χ2v) is 7.96. The number of nitrogens with zero attached hydrogens (tertiary/aromatic N) is 3. The van der Waals surface area contributed by atoms with Gasteiger partial charge in [0.15, 0.2) is 0 Å². The van der Waals surface area contributed by atoms with Crippen molar-refractivity contribution < 1.29 is 30.6 Å². The molecule has 0 unspecified atom stereocenters. The lowest BCUT2D eigenvalue weighted by Crippen LogP contribution is -2.28. The van der Waals surface area contributed by atoms with Crippen LogP contribution in [0.25, 0.3) is 0 Å². The first-order chi connectivity index (χ1) is 14.5. The van der Waals surface area contributed by atoms with E-state index in [4.69, 9.17) is 16.4 Å². The van der Waals surface area contributed by atoms with E-state index in [9.17, 15) is 21.6 Å². The summed E-state index contributed by atoms with van der Waals surface area (Å²) in [6, 6.07) is 11.6. The third-order valence-electron chi connectivity index (χ3n) is 3.90. The highest BCUT2D eigenvalue weighted by atomic mass is 35.5. The van der Waals surface area contributed by atoms with E-state index in [1.165, 1.54) is 24.3 Å². The molecule has 0 saturated heterocycles. The van der Waals surface area contributed by atoms with Gasteiger partial charge in [-0.25, -0.2) is 5.06 Å². The normalized spacial score (nSPS) is 13.3. The summed E-state index contributed by atoms with van der Waals surface area (Å²) in [5.74, 6) is -0.0274. The average molecular weight is 478 g/mol. The van der Waals surface area contributed by atoms with Crippen molar-refractivity contribution in [2.75, 3.05) is 13.7 Å². The molecule has 12 heteroatoms. The van der Waals surface area contributed by atoms with E-state index in [-0.39, 0.29) is 0 Å². The van der Waals surface area contributed by atoms with Crippen molar-refractivity contribution in [1.82, 2.24) is 5.06 Å². The van der Waals surface area contributed by atoms with Crippen LogP contribution in [0.4, 0.5) is 13.2 Å². The van der Waals surface area contributed by atoms with Crippen LogP contribution in [0.1, 0.15) is 25.0 Å². The highest BCUT2D eigenvalue weighted by molar-refractivity contribution is 7.88. The van der Waals surface area contributed by atoms with E-state index in [1.807, 2.05) is 6.92 Å². The van der Waals surface area contributed by atoms with Gasteiger partial charge >= 0.3 is 15.6 Å². The molecule has 0 aliphatic carbocycles. The summed E-state index contributed by atoms with van der Waals surface area (Å²) in [5.41, 5.74) is -4.08. The van der Waals surface area contributed by atoms with Gasteiger partial charge in [0.25, 0.3) is 0 Å². The standard InChI is InChI=1S/C19H19ClF3N3O4S/c1-4-26(29-3)13(2)24-25-18(14-5-9-16(20)10-6-14)15-7-11-17(12-8-15)30-31(27,28)19(21,22)23/h5-12H,4H2,1-3H3. The lowest BCUT2D eigenvalue weighted by atomic mass is 10.0. The number of hydroxylamine groups is 2. The van der Waals surface area contributed by atoms with Crippen molar-refractivity contribution in [1.29, 1.82) is 0 Å². The van der Waals surface area contributed by atoms with Gasteiger partial charge in [-0.15, -0.1) is 10.2 Å². The molecule has 0 aliphatic heterocycles. The van der Waals surface area contributed by atoms with Crippen LogP contribution in [0.2, 0.25) is 5.02 Å². The van der Waals surface area contributed by atoms with Crippen LogP contribution in [-0.4, -0.2) is 44.2 Å². The monoisotopic (exact) mass is 477 g/mol. The molecule has 0 spiro atoms. The van der Waals surface area contributed by atoms with Gasteiger partial charge in [0.05, 0.1) is 7.11 Å². The maximum absolute atomic E-state index is 12.5. The van der Waals surface area contributed by atoms with Crippen molar-refractivity contribution in [2.24, 2.45) is 10.2 Å². The molecule has 7 nitrogen and oxygen atoms in total. The van der Waals surface area contributed by atoms with Crippen molar-refractivity contribution in [3.05, 3.63) is 64.7 Å². The van der Waals surface area contributed by atoms with Crippen LogP contribution in [0.15, 0.2) is 58.7 Å². The van der Waals surface area contributed by atoms with Gasteiger partial charge in [-0.2, -0.15) is 21.6 Å². The first-order valence-electron chi connectivity index (χ1n) is 8.79. The van der Waals surface area contributed by atoms with E-state index in [2.05, 4.69) is 14.4 Å². The molecule has 0 amide bonds. The Kier molecular flexibility index (Phi) is 8.04. The molecule has 2 aromatic carbocycles. The third-order valence-corrected chi connectivity index (χ3v) is 5.13. The number of hydrogen-bond acceptors (Lipinski definition) is 6. The number of amidine groups is 1.